The van der Waals surface area contributed by atoms with Gasteiger partial charge in [-0.2, -0.15) is 0 Å². The zero-order valence-corrected chi connectivity index (χ0v) is 13.1. The Kier molecular flexibility index (Phi) is 3.26. The van der Waals surface area contributed by atoms with E-state index in [1.807, 2.05) is 0 Å². The molecule has 2 nitrogen and oxygen atoms in total. The van der Waals surface area contributed by atoms with E-state index in [0.717, 1.165) is 30.2 Å². The van der Waals surface area contributed by atoms with Crippen molar-refractivity contribution in [1.29, 1.82) is 0 Å². The molecule has 2 N–H and O–H groups in total. The molecule has 4 fully saturated rings. The van der Waals surface area contributed by atoms with Gasteiger partial charge in [0.2, 0.25) is 0 Å². The van der Waals surface area contributed by atoms with E-state index >= 15 is 0 Å². The van der Waals surface area contributed by atoms with E-state index in [1.165, 1.54) is 32.1 Å². The van der Waals surface area contributed by atoms with Crippen molar-refractivity contribution in [3.05, 3.63) is 0 Å². The van der Waals surface area contributed by atoms with Gasteiger partial charge >= 0.3 is 0 Å². The molecule has 4 bridgehead atoms. The SMILES string of the molecule is CC(C)(C)NCC(C)(O)C1C2CC3CC(C2)CC1C3. The summed E-state index contributed by atoms with van der Waals surface area (Å²) in [5, 5.41) is 14.6. The number of nitrogens with one attached hydrogen (secondary N) is 1. The van der Waals surface area contributed by atoms with Gasteiger partial charge in [-0.25, -0.2) is 0 Å². The van der Waals surface area contributed by atoms with Crippen LogP contribution in [-0.2, 0) is 0 Å². The Morgan fingerprint density at radius 2 is 1.37 bits per heavy atom. The number of hydrogen-bond acceptors (Lipinski definition) is 2. The molecule has 4 saturated carbocycles. The van der Waals surface area contributed by atoms with Crippen molar-refractivity contribution >= 4 is 0 Å². The molecule has 4 rings (SSSR count). The largest absolute Gasteiger partial charge is 0.389 e. The second-order valence-electron chi connectivity index (χ2n) is 8.92. The van der Waals surface area contributed by atoms with Gasteiger partial charge in [-0.15, -0.1) is 0 Å². The van der Waals surface area contributed by atoms with Crippen molar-refractivity contribution in [3.8, 4) is 0 Å². The third-order valence-corrected chi connectivity index (χ3v) is 5.92. The molecule has 0 aliphatic heterocycles. The normalized spacial score (nSPS) is 44.4. The molecule has 0 saturated heterocycles. The quantitative estimate of drug-likeness (QED) is 0.821. The molecule has 19 heavy (non-hydrogen) atoms. The van der Waals surface area contributed by atoms with Crippen LogP contribution in [0.5, 0.6) is 0 Å². The maximum Gasteiger partial charge on any atom is 0.0777 e. The number of hydrogen-bond donors (Lipinski definition) is 2. The second kappa shape index (κ2) is 4.46. The van der Waals surface area contributed by atoms with Gasteiger partial charge in [-0.1, -0.05) is 0 Å². The molecule has 1 unspecified atom stereocenters. The van der Waals surface area contributed by atoms with Crippen molar-refractivity contribution in [2.24, 2.45) is 29.6 Å². The lowest BCUT2D eigenvalue weighted by Crippen LogP contribution is -2.58. The average Bonchev–Trinajstić information content (AvgIpc) is 2.23. The first-order valence-electron chi connectivity index (χ1n) is 8.22. The highest BCUT2D eigenvalue weighted by molar-refractivity contribution is 5.04. The molecule has 0 aromatic rings. The van der Waals surface area contributed by atoms with Gasteiger partial charge in [0.25, 0.3) is 0 Å². The van der Waals surface area contributed by atoms with Crippen LogP contribution in [0.25, 0.3) is 0 Å². The molecule has 4 aliphatic carbocycles. The predicted octanol–water partition coefficient (Wildman–Crippen LogP) is 3.20. The van der Waals surface area contributed by atoms with Crippen molar-refractivity contribution in [1.82, 2.24) is 5.32 Å². The van der Waals surface area contributed by atoms with Crippen LogP contribution in [-0.4, -0.2) is 22.8 Å². The fourth-order valence-corrected chi connectivity index (χ4v) is 5.50. The second-order valence-corrected chi connectivity index (χ2v) is 8.92. The Morgan fingerprint density at radius 1 is 0.895 bits per heavy atom. The van der Waals surface area contributed by atoms with Crippen LogP contribution in [0.2, 0.25) is 0 Å². The zero-order chi connectivity index (χ0) is 13.8. The van der Waals surface area contributed by atoms with Crippen molar-refractivity contribution in [3.63, 3.8) is 0 Å². The molecular weight excluding hydrogens is 234 g/mol. The van der Waals surface area contributed by atoms with E-state index < -0.39 is 5.60 Å². The van der Waals surface area contributed by atoms with Gasteiger partial charge in [0.1, 0.15) is 0 Å². The van der Waals surface area contributed by atoms with E-state index in [0.29, 0.717) is 5.92 Å². The predicted molar refractivity (Wildman–Crippen MR) is 78.9 cm³/mol. The van der Waals surface area contributed by atoms with E-state index in [9.17, 15) is 5.11 Å². The molecule has 0 amide bonds. The average molecular weight is 265 g/mol. The summed E-state index contributed by atoms with van der Waals surface area (Å²) >= 11 is 0. The maximum atomic E-state index is 11.0. The van der Waals surface area contributed by atoms with Crippen molar-refractivity contribution in [2.45, 2.75) is 70.9 Å². The molecule has 0 spiro atoms. The minimum Gasteiger partial charge on any atom is -0.389 e. The van der Waals surface area contributed by atoms with E-state index in [1.54, 1.807) is 0 Å². The van der Waals surface area contributed by atoms with Crippen LogP contribution in [0.3, 0.4) is 0 Å². The third kappa shape index (κ3) is 2.71. The summed E-state index contributed by atoms with van der Waals surface area (Å²) in [5.41, 5.74) is -0.439. The lowest BCUT2D eigenvalue weighted by Gasteiger charge is -2.58. The Bertz CT molecular complexity index is 314. The first-order valence-corrected chi connectivity index (χ1v) is 8.22. The van der Waals surface area contributed by atoms with E-state index in [-0.39, 0.29) is 5.54 Å². The number of aliphatic hydroxyl groups is 1. The zero-order valence-electron chi connectivity index (χ0n) is 13.1. The Morgan fingerprint density at radius 3 is 1.79 bits per heavy atom. The smallest absolute Gasteiger partial charge is 0.0777 e. The van der Waals surface area contributed by atoms with Crippen LogP contribution in [0.4, 0.5) is 0 Å². The summed E-state index contributed by atoms with van der Waals surface area (Å²) in [5.74, 6) is 4.12. The lowest BCUT2D eigenvalue weighted by molar-refractivity contribution is -0.134. The summed E-state index contributed by atoms with van der Waals surface area (Å²) in [6.45, 7) is 9.36. The minimum absolute atomic E-state index is 0.0932. The summed E-state index contributed by atoms with van der Waals surface area (Å²) in [6, 6.07) is 0. The first kappa shape index (κ1) is 13.9. The standard InChI is InChI=1S/C17H31NO/c1-16(2,3)18-10-17(4,19)15-13-6-11-5-12(8-13)9-14(15)7-11/h11-15,18-19H,5-10H2,1-4H3. The Labute approximate surface area is 118 Å². The summed E-state index contributed by atoms with van der Waals surface area (Å²) < 4.78 is 0. The van der Waals surface area contributed by atoms with Gasteiger partial charge in [-0.3, -0.25) is 0 Å². The Balaban J connectivity index is 1.70. The van der Waals surface area contributed by atoms with Gasteiger partial charge in [0, 0.05) is 12.1 Å². The van der Waals surface area contributed by atoms with Crippen LogP contribution < -0.4 is 5.32 Å². The van der Waals surface area contributed by atoms with Crippen molar-refractivity contribution in [2.75, 3.05) is 6.54 Å². The highest BCUT2D eigenvalue weighted by atomic mass is 16.3. The van der Waals surface area contributed by atoms with Crippen LogP contribution >= 0.6 is 0 Å². The fraction of sp³-hybridized carbons (Fsp3) is 1.00. The molecular formula is C17H31NO. The van der Waals surface area contributed by atoms with E-state index in [2.05, 4.69) is 33.0 Å². The molecule has 0 aromatic heterocycles. The van der Waals surface area contributed by atoms with Gasteiger partial charge in [-0.05, 0) is 89.4 Å². The molecule has 110 valence electrons. The highest BCUT2D eigenvalue weighted by Crippen LogP contribution is 2.58. The summed E-state index contributed by atoms with van der Waals surface area (Å²) in [4.78, 5) is 0. The molecule has 4 aliphatic rings. The third-order valence-electron chi connectivity index (χ3n) is 5.92. The Hall–Kier alpha value is -0.0800. The lowest BCUT2D eigenvalue weighted by atomic mass is 9.49. The van der Waals surface area contributed by atoms with Gasteiger partial charge in [0.15, 0.2) is 0 Å². The maximum absolute atomic E-state index is 11.0. The van der Waals surface area contributed by atoms with Crippen molar-refractivity contribution < 1.29 is 5.11 Å². The topological polar surface area (TPSA) is 32.3 Å². The molecule has 0 aromatic carbocycles. The molecule has 0 heterocycles. The number of β-amino-alcohol motifs (C(OH)–C–C–N with tert-alkyl or cyclic N) is 1. The summed E-state index contributed by atoms with van der Waals surface area (Å²) in [6.07, 6.45) is 7.06. The van der Waals surface area contributed by atoms with E-state index in [4.69, 9.17) is 0 Å². The molecule has 1 atom stereocenters. The molecule has 2 heteroatoms. The minimum atomic E-state index is -0.532. The number of rotatable bonds is 3. The van der Waals surface area contributed by atoms with Crippen LogP contribution in [0, 0.1) is 29.6 Å². The summed E-state index contributed by atoms with van der Waals surface area (Å²) in [7, 11) is 0. The monoisotopic (exact) mass is 265 g/mol. The molecule has 0 radical (unpaired) electrons. The highest BCUT2D eigenvalue weighted by Gasteiger charge is 2.53. The van der Waals surface area contributed by atoms with Crippen LogP contribution in [0.15, 0.2) is 0 Å². The van der Waals surface area contributed by atoms with Gasteiger partial charge in [0.05, 0.1) is 5.60 Å². The van der Waals surface area contributed by atoms with Gasteiger partial charge < -0.3 is 10.4 Å². The first-order chi connectivity index (χ1) is 8.74. The van der Waals surface area contributed by atoms with Crippen LogP contribution in [0.1, 0.15) is 59.8 Å². The fourth-order valence-electron chi connectivity index (χ4n) is 5.50.